The standard InChI is InChI=1S/C24H27ClN2O8/c1-27(2)18-13-7-10-6-12-9(5-11(25)8-28)3-4-14(29)16(12)19(30)15(10)21(32)24(13,35)22(33)17(20(18)31)23(26)34/h3-4,10-11,13,18,28-30,33,35H,5-8H2,1-2H3,(H2,26,34)/t10-,11?,13-,18-,24-/m1/s1. The number of hydrogen-bond donors (Lipinski definition) is 6. The Morgan fingerprint density at radius 3 is 2.49 bits per heavy atom. The van der Waals surface area contributed by atoms with Gasteiger partial charge in [0.15, 0.2) is 11.4 Å². The minimum atomic E-state index is -2.67. The van der Waals surface area contributed by atoms with Gasteiger partial charge in [0.2, 0.25) is 5.78 Å². The number of nitrogens with zero attached hydrogens (tertiary/aromatic N) is 1. The number of aliphatic hydroxyl groups is 4. The van der Waals surface area contributed by atoms with E-state index in [0.29, 0.717) is 11.1 Å². The number of aliphatic hydroxyl groups excluding tert-OH is 3. The minimum absolute atomic E-state index is 0.000552. The number of rotatable bonds is 5. The van der Waals surface area contributed by atoms with Crippen LogP contribution in [0.15, 0.2) is 29.0 Å². The molecular weight excluding hydrogens is 480 g/mol. The number of halogens is 1. The average molecular weight is 507 g/mol. The van der Waals surface area contributed by atoms with Gasteiger partial charge in [-0.3, -0.25) is 19.3 Å². The SMILES string of the molecule is CN(C)[C@H]1C(=O)C(C(N)=O)=C(O)[C@]2(O)C(=O)C3=C(O)c4c(O)ccc(CC(Cl)CO)c4C[C@@H]3C[C@H]12. The van der Waals surface area contributed by atoms with E-state index in [1.807, 2.05) is 0 Å². The molecule has 7 N–H and O–H groups in total. The molecule has 1 amide bonds. The number of primary amides is 1. The first kappa shape index (κ1) is 25.2. The largest absolute Gasteiger partial charge is 0.508 e. The molecule has 0 heterocycles. The molecule has 1 fully saturated rings. The van der Waals surface area contributed by atoms with E-state index in [1.165, 1.54) is 11.0 Å². The highest BCUT2D eigenvalue weighted by molar-refractivity contribution is 6.24. The molecule has 35 heavy (non-hydrogen) atoms. The van der Waals surface area contributed by atoms with Crippen LogP contribution in [0.3, 0.4) is 0 Å². The topological polar surface area (TPSA) is 182 Å². The van der Waals surface area contributed by atoms with Crippen molar-refractivity contribution >= 4 is 34.8 Å². The van der Waals surface area contributed by atoms with Gasteiger partial charge < -0.3 is 31.3 Å². The Hall–Kier alpha value is -2.92. The lowest BCUT2D eigenvalue weighted by atomic mass is 9.57. The molecule has 0 aliphatic heterocycles. The molecule has 3 aliphatic rings. The van der Waals surface area contributed by atoms with E-state index < -0.39 is 63.4 Å². The van der Waals surface area contributed by atoms with Gasteiger partial charge in [-0.15, -0.1) is 11.6 Å². The van der Waals surface area contributed by atoms with E-state index in [1.54, 1.807) is 20.2 Å². The second-order valence-electron chi connectivity index (χ2n) is 9.54. The molecule has 0 aromatic heterocycles. The van der Waals surface area contributed by atoms with E-state index in [4.69, 9.17) is 17.3 Å². The number of nitrogens with two attached hydrogens (primary N) is 1. The van der Waals surface area contributed by atoms with Crippen LogP contribution in [-0.2, 0) is 27.2 Å². The highest BCUT2D eigenvalue weighted by Gasteiger charge is 2.64. The molecule has 0 radical (unpaired) electrons. The Balaban J connectivity index is 1.94. The summed E-state index contributed by atoms with van der Waals surface area (Å²) in [6.07, 6.45) is 0.417. The maximum absolute atomic E-state index is 13.7. The zero-order valence-electron chi connectivity index (χ0n) is 19.2. The molecule has 1 aromatic rings. The van der Waals surface area contributed by atoms with Gasteiger partial charge in [-0.05, 0) is 56.5 Å². The molecule has 0 bridgehead atoms. The molecule has 188 valence electrons. The number of likely N-dealkylation sites (N-methyl/N-ethyl adjacent to an activating group) is 1. The third kappa shape index (κ3) is 3.55. The van der Waals surface area contributed by atoms with E-state index in [9.17, 15) is 39.9 Å². The summed E-state index contributed by atoms with van der Waals surface area (Å²) in [4.78, 5) is 40.3. The average Bonchev–Trinajstić information content (AvgIpc) is 2.77. The van der Waals surface area contributed by atoms with Crippen LogP contribution in [-0.4, -0.2) is 85.6 Å². The number of hydrogen-bond acceptors (Lipinski definition) is 9. The van der Waals surface area contributed by atoms with E-state index in [2.05, 4.69) is 0 Å². The first-order valence-corrected chi connectivity index (χ1v) is 11.5. The second-order valence-corrected chi connectivity index (χ2v) is 10.2. The maximum atomic E-state index is 13.7. The fourth-order valence-electron chi connectivity index (χ4n) is 5.80. The summed E-state index contributed by atoms with van der Waals surface area (Å²) in [5, 5.41) is 52.8. The lowest BCUT2D eigenvalue weighted by Crippen LogP contribution is -2.65. The molecule has 10 nitrogen and oxygen atoms in total. The van der Waals surface area contributed by atoms with E-state index in [-0.39, 0.29) is 42.8 Å². The van der Waals surface area contributed by atoms with Crippen LogP contribution in [0.2, 0.25) is 0 Å². The number of carbonyl (C=O) groups excluding carboxylic acids is 3. The Morgan fingerprint density at radius 1 is 1.26 bits per heavy atom. The smallest absolute Gasteiger partial charge is 0.255 e. The molecule has 3 aliphatic carbocycles. The lowest BCUT2D eigenvalue weighted by Gasteiger charge is -2.50. The maximum Gasteiger partial charge on any atom is 0.255 e. The van der Waals surface area contributed by atoms with Crippen molar-refractivity contribution in [3.63, 3.8) is 0 Å². The fourth-order valence-corrected chi connectivity index (χ4v) is 5.97. The number of Topliss-reactive ketones (excluding diaryl/α,β-unsaturated/α-hetero) is 2. The summed E-state index contributed by atoms with van der Waals surface area (Å²) in [7, 11) is 3.08. The summed E-state index contributed by atoms with van der Waals surface area (Å²) in [5.74, 6) is -6.94. The zero-order chi connectivity index (χ0) is 26.0. The van der Waals surface area contributed by atoms with Crippen LogP contribution in [0.5, 0.6) is 5.75 Å². The third-order valence-corrected chi connectivity index (χ3v) is 7.63. The van der Waals surface area contributed by atoms with Crippen molar-refractivity contribution < 1.29 is 39.9 Å². The number of phenols is 1. The van der Waals surface area contributed by atoms with Crippen LogP contribution >= 0.6 is 11.6 Å². The van der Waals surface area contributed by atoms with Crippen molar-refractivity contribution in [2.45, 2.75) is 36.3 Å². The number of amides is 1. The molecular formula is C24H27ClN2O8. The van der Waals surface area contributed by atoms with Gasteiger partial charge in [0.1, 0.15) is 22.8 Å². The Morgan fingerprint density at radius 2 is 1.91 bits per heavy atom. The van der Waals surface area contributed by atoms with Crippen LogP contribution in [0.25, 0.3) is 5.76 Å². The summed E-state index contributed by atoms with van der Waals surface area (Å²) in [6, 6.07) is 1.82. The monoisotopic (exact) mass is 506 g/mol. The molecule has 0 saturated heterocycles. The number of aromatic hydroxyl groups is 1. The first-order valence-electron chi connectivity index (χ1n) is 11.1. The normalized spacial score (nSPS) is 29.1. The van der Waals surface area contributed by atoms with Crippen molar-refractivity contribution in [2.24, 2.45) is 17.6 Å². The Kier molecular flexibility index (Phi) is 6.21. The van der Waals surface area contributed by atoms with E-state index >= 15 is 0 Å². The molecule has 0 spiro atoms. The summed E-state index contributed by atoms with van der Waals surface area (Å²) in [6.45, 7) is -0.290. The third-order valence-electron chi connectivity index (χ3n) is 7.34. The van der Waals surface area contributed by atoms with Crippen LogP contribution in [0.4, 0.5) is 0 Å². The number of alkyl halides is 1. The number of ketones is 2. The Labute approximate surface area is 205 Å². The predicted octanol–water partition coefficient (Wildman–Crippen LogP) is 0.106. The van der Waals surface area contributed by atoms with Crippen molar-refractivity contribution in [1.82, 2.24) is 4.90 Å². The quantitative estimate of drug-likeness (QED) is 0.238. The molecule has 1 unspecified atom stereocenters. The fraction of sp³-hybridized carbons (Fsp3) is 0.458. The van der Waals surface area contributed by atoms with Gasteiger partial charge in [-0.25, -0.2) is 0 Å². The Bertz CT molecular complexity index is 1210. The molecule has 1 saturated carbocycles. The highest BCUT2D eigenvalue weighted by atomic mass is 35.5. The van der Waals surface area contributed by atoms with Gasteiger partial charge in [0, 0.05) is 11.5 Å². The van der Waals surface area contributed by atoms with Crippen LogP contribution in [0.1, 0.15) is 23.1 Å². The van der Waals surface area contributed by atoms with Crippen LogP contribution < -0.4 is 5.73 Å². The molecule has 5 atom stereocenters. The lowest BCUT2D eigenvalue weighted by molar-refractivity contribution is -0.153. The summed E-state index contributed by atoms with van der Waals surface area (Å²) < 4.78 is 0. The number of fused-ring (bicyclic) bond motifs is 3. The minimum Gasteiger partial charge on any atom is -0.508 e. The van der Waals surface area contributed by atoms with Crippen molar-refractivity contribution in [3.05, 3.63) is 45.7 Å². The molecule has 11 heteroatoms. The molecule has 4 rings (SSSR count). The summed E-state index contributed by atoms with van der Waals surface area (Å²) >= 11 is 6.13. The zero-order valence-corrected chi connectivity index (χ0v) is 19.9. The van der Waals surface area contributed by atoms with Crippen molar-refractivity contribution in [3.8, 4) is 5.75 Å². The van der Waals surface area contributed by atoms with E-state index in [0.717, 1.165) is 0 Å². The molecule has 1 aromatic carbocycles. The first-order chi connectivity index (χ1) is 16.4. The van der Waals surface area contributed by atoms with Gasteiger partial charge in [0.05, 0.1) is 23.6 Å². The van der Waals surface area contributed by atoms with Gasteiger partial charge in [-0.2, -0.15) is 0 Å². The number of phenolic OH excluding ortho intramolecular Hbond substituents is 1. The van der Waals surface area contributed by atoms with Crippen molar-refractivity contribution in [1.29, 1.82) is 0 Å². The highest BCUT2D eigenvalue weighted by Crippen LogP contribution is 2.53. The van der Waals surface area contributed by atoms with Gasteiger partial charge >= 0.3 is 0 Å². The van der Waals surface area contributed by atoms with Crippen LogP contribution in [0, 0.1) is 11.8 Å². The number of benzene rings is 1. The van der Waals surface area contributed by atoms with Gasteiger partial charge in [0.25, 0.3) is 5.91 Å². The second kappa shape index (κ2) is 8.63. The number of carbonyl (C=O) groups is 3. The van der Waals surface area contributed by atoms with Crippen molar-refractivity contribution in [2.75, 3.05) is 20.7 Å². The van der Waals surface area contributed by atoms with Gasteiger partial charge in [-0.1, -0.05) is 6.07 Å². The predicted molar refractivity (Wildman–Crippen MR) is 125 cm³/mol. The summed E-state index contributed by atoms with van der Waals surface area (Å²) in [5.41, 5.74) is 2.77.